The summed E-state index contributed by atoms with van der Waals surface area (Å²) in [6.07, 6.45) is 2.85. The molecule has 1 aromatic heterocycles. The van der Waals surface area contributed by atoms with E-state index in [1.807, 2.05) is 16.7 Å². The van der Waals surface area contributed by atoms with Crippen LogP contribution in [0.15, 0.2) is 71.2 Å². The smallest absolute Gasteiger partial charge is 0.234 e. The van der Waals surface area contributed by atoms with Gasteiger partial charge in [0.2, 0.25) is 5.91 Å². The maximum atomic E-state index is 12.4. The summed E-state index contributed by atoms with van der Waals surface area (Å²) in [5.74, 6) is 0.445. The molecule has 0 fully saturated rings. The molecule has 1 heterocycles. The number of carbonyl (C=O) groups excluding carboxylic acids is 1. The van der Waals surface area contributed by atoms with Crippen LogP contribution >= 0.6 is 23.4 Å². The Balaban J connectivity index is 1.72. The van der Waals surface area contributed by atoms with E-state index in [2.05, 4.69) is 22.1 Å². The van der Waals surface area contributed by atoms with E-state index >= 15 is 0 Å². The van der Waals surface area contributed by atoms with Crippen molar-refractivity contribution >= 4 is 44.8 Å². The summed E-state index contributed by atoms with van der Waals surface area (Å²) in [7, 11) is -3.35. The Morgan fingerprint density at radius 1 is 1.23 bits per heavy atom. The summed E-state index contributed by atoms with van der Waals surface area (Å²) < 4.78 is 25.2. The highest BCUT2D eigenvalue weighted by Crippen LogP contribution is 2.25. The number of sulfone groups is 1. The molecular weight excluding hydrogens is 444 g/mol. The zero-order valence-corrected chi connectivity index (χ0v) is 18.5. The third kappa shape index (κ3) is 5.50. The summed E-state index contributed by atoms with van der Waals surface area (Å²) in [6, 6.07) is 13.4. The molecule has 3 rings (SSSR count). The fraction of sp³-hybridized carbons (Fsp3) is 0.150. The van der Waals surface area contributed by atoms with Gasteiger partial charge < -0.3 is 5.32 Å². The summed E-state index contributed by atoms with van der Waals surface area (Å²) in [6.45, 7) is 4.25. The number of rotatable bonds is 8. The molecule has 10 heteroatoms. The molecule has 30 heavy (non-hydrogen) atoms. The molecular formula is C20H19ClN4O3S2. The van der Waals surface area contributed by atoms with Crippen molar-refractivity contribution in [1.29, 1.82) is 0 Å². The van der Waals surface area contributed by atoms with Crippen molar-refractivity contribution in [2.45, 2.75) is 16.6 Å². The molecule has 0 radical (unpaired) electrons. The third-order valence-electron chi connectivity index (χ3n) is 4.01. The van der Waals surface area contributed by atoms with Crippen LogP contribution in [0.2, 0.25) is 5.02 Å². The SMILES string of the molecule is C=CCn1c(SCC(=O)Nc2cccc(S(C)(=O)=O)c2)nnc1-c1ccc(Cl)cc1. The Morgan fingerprint density at radius 3 is 2.63 bits per heavy atom. The van der Waals surface area contributed by atoms with Gasteiger partial charge in [0, 0.05) is 29.1 Å². The first-order valence-electron chi connectivity index (χ1n) is 8.81. The Morgan fingerprint density at radius 2 is 1.97 bits per heavy atom. The Hall–Kier alpha value is -2.62. The van der Waals surface area contributed by atoms with Gasteiger partial charge in [-0.1, -0.05) is 35.5 Å². The van der Waals surface area contributed by atoms with Crippen LogP contribution < -0.4 is 5.32 Å². The Bertz CT molecular complexity index is 1180. The molecule has 0 saturated carbocycles. The van der Waals surface area contributed by atoms with Gasteiger partial charge in [0.25, 0.3) is 0 Å². The van der Waals surface area contributed by atoms with E-state index in [9.17, 15) is 13.2 Å². The first-order chi connectivity index (χ1) is 14.3. The molecule has 1 amide bonds. The number of amides is 1. The molecule has 1 N–H and O–H groups in total. The highest BCUT2D eigenvalue weighted by Gasteiger charge is 2.15. The number of hydrogen-bond acceptors (Lipinski definition) is 6. The Labute approximate surface area is 184 Å². The predicted molar refractivity (Wildman–Crippen MR) is 120 cm³/mol. The van der Waals surface area contributed by atoms with Crippen LogP contribution in [0.5, 0.6) is 0 Å². The maximum Gasteiger partial charge on any atom is 0.234 e. The van der Waals surface area contributed by atoms with Crippen LogP contribution in [0.1, 0.15) is 0 Å². The molecule has 7 nitrogen and oxygen atoms in total. The van der Waals surface area contributed by atoms with Crippen molar-refractivity contribution < 1.29 is 13.2 Å². The lowest BCUT2D eigenvalue weighted by atomic mass is 10.2. The standard InChI is InChI=1S/C20H19ClN4O3S2/c1-3-11-25-19(14-7-9-15(21)10-8-14)23-24-20(25)29-13-18(26)22-16-5-4-6-17(12-16)30(2,27)28/h3-10,12H,1,11,13H2,2H3,(H,22,26). The molecule has 0 bridgehead atoms. The number of halogens is 1. The zero-order valence-electron chi connectivity index (χ0n) is 16.1. The number of benzene rings is 2. The van der Waals surface area contributed by atoms with Crippen LogP contribution in [0.25, 0.3) is 11.4 Å². The van der Waals surface area contributed by atoms with E-state index in [0.29, 0.717) is 28.2 Å². The highest BCUT2D eigenvalue weighted by molar-refractivity contribution is 7.99. The number of carbonyl (C=O) groups is 1. The van der Waals surface area contributed by atoms with Crippen LogP contribution in [0.4, 0.5) is 5.69 Å². The molecule has 0 atom stereocenters. The second-order valence-electron chi connectivity index (χ2n) is 6.35. The topological polar surface area (TPSA) is 94.0 Å². The highest BCUT2D eigenvalue weighted by atomic mass is 35.5. The van der Waals surface area contributed by atoms with Gasteiger partial charge in [0.05, 0.1) is 10.6 Å². The summed E-state index contributed by atoms with van der Waals surface area (Å²) in [4.78, 5) is 12.5. The minimum absolute atomic E-state index is 0.0823. The molecule has 0 aliphatic heterocycles. The molecule has 0 saturated heterocycles. The quantitative estimate of drug-likeness (QED) is 0.402. The number of allylic oxidation sites excluding steroid dienone is 1. The van der Waals surface area contributed by atoms with Crippen LogP contribution in [0, 0.1) is 0 Å². The minimum atomic E-state index is -3.35. The average molecular weight is 463 g/mol. The number of nitrogens with one attached hydrogen (secondary N) is 1. The molecule has 0 aliphatic carbocycles. The lowest BCUT2D eigenvalue weighted by Crippen LogP contribution is -2.15. The summed E-state index contributed by atoms with van der Waals surface area (Å²) in [5.41, 5.74) is 1.26. The van der Waals surface area contributed by atoms with Gasteiger partial charge in [-0.3, -0.25) is 9.36 Å². The van der Waals surface area contributed by atoms with Crippen molar-refractivity contribution in [3.05, 3.63) is 66.2 Å². The van der Waals surface area contributed by atoms with E-state index in [1.54, 1.807) is 30.3 Å². The van der Waals surface area contributed by atoms with Gasteiger partial charge in [-0.15, -0.1) is 16.8 Å². The normalized spacial score (nSPS) is 11.3. The second-order valence-corrected chi connectivity index (χ2v) is 9.74. The van der Waals surface area contributed by atoms with E-state index in [0.717, 1.165) is 11.8 Å². The number of nitrogens with zero attached hydrogens (tertiary/aromatic N) is 3. The second kappa shape index (κ2) is 9.46. The fourth-order valence-electron chi connectivity index (χ4n) is 2.63. The van der Waals surface area contributed by atoms with Gasteiger partial charge in [-0.05, 0) is 42.5 Å². The third-order valence-corrected chi connectivity index (χ3v) is 6.34. The van der Waals surface area contributed by atoms with E-state index in [4.69, 9.17) is 11.6 Å². The summed E-state index contributed by atoms with van der Waals surface area (Å²) in [5, 5.41) is 12.3. The first kappa shape index (κ1) is 22.1. The number of hydrogen-bond donors (Lipinski definition) is 1. The van der Waals surface area contributed by atoms with E-state index < -0.39 is 9.84 Å². The average Bonchev–Trinajstić information content (AvgIpc) is 3.09. The van der Waals surface area contributed by atoms with Crippen LogP contribution in [-0.4, -0.2) is 41.1 Å². The van der Waals surface area contributed by atoms with Crippen molar-refractivity contribution in [1.82, 2.24) is 14.8 Å². The lowest BCUT2D eigenvalue weighted by molar-refractivity contribution is -0.113. The van der Waals surface area contributed by atoms with Crippen LogP contribution in [0.3, 0.4) is 0 Å². The number of aromatic nitrogens is 3. The van der Waals surface area contributed by atoms with Crippen LogP contribution in [-0.2, 0) is 21.2 Å². The fourth-order valence-corrected chi connectivity index (χ4v) is 4.17. The molecule has 0 unspecified atom stereocenters. The molecule has 156 valence electrons. The summed E-state index contributed by atoms with van der Waals surface area (Å²) >= 11 is 7.18. The minimum Gasteiger partial charge on any atom is -0.325 e. The maximum absolute atomic E-state index is 12.4. The van der Waals surface area contributed by atoms with Gasteiger partial charge in [0.1, 0.15) is 0 Å². The monoisotopic (exact) mass is 462 g/mol. The molecule has 0 spiro atoms. The molecule has 2 aromatic carbocycles. The van der Waals surface area contributed by atoms with Gasteiger partial charge >= 0.3 is 0 Å². The van der Waals surface area contributed by atoms with Crippen molar-refractivity contribution in [2.75, 3.05) is 17.3 Å². The molecule has 3 aromatic rings. The first-order valence-corrected chi connectivity index (χ1v) is 12.1. The zero-order chi connectivity index (χ0) is 21.7. The van der Waals surface area contributed by atoms with Crippen molar-refractivity contribution in [3.63, 3.8) is 0 Å². The van der Waals surface area contributed by atoms with E-state index in [1.165, 1.54) is 23.9 Å². The molecule has 0 aliphatic rings. The predicted octanol–water partition coefficient (Wildman–Crippen LogP) is 3.92. The number of thioether (sulfide) groups is 1. The Kier molecular flexibility index (Phi) is 6.96. The van der Waals surface area contributed by atoms with Gasteiger partial charge in [-0.25, -0.2) is 8.42 Å². The van der Waals surface area contributed by atoms with E-state index in [-0.39, 0.29) is 16.6 Å². The lowest BCUT2D eigenvalue weighted by Gasteiger charge is -2.09. The number of anilines is 1. The van der Waals surface area contributed by atoms with Gasteiger partial charge in [-0.2, -0.15) is 0 Å². The van der Waals surface area contributed by atoms with Gasteiger partial charge in [0.15, 0.2) is 20.8 Å². The van der Waals surface area contributed by atoms with Crippen molar-refractivity contribution in [2.24, 2.45) is 0 Å². The van der Waals surface area contributed by atoms with Crippen molar-refractivity contribution in [3.8, 4) is 11.4 Å². The largest absolute Gasteiger partial charge is 0.325 e.